The van der Waals surface area contributed by atoms with E-state index in [1.165, 1.54) is 0 Å². The number of tetrazole rings is 1. The van der Waals surface area contributed by atoms with Gasteiger partial charge in [-0.05, 0) is 40.8 Å². The molecule has 0 atom stereocenters. The third kappa shape index (κ3) is 3.52. The molecule has 9 heteroatoms. The van der Waals surface area contributed by atoms with E-state index in [-0.39, 0.29) is 12.7 Å². The zero-order chi connectivity index (χ0) is 19.6. The smallest absolute Gasteiger partial charge is 0.254 e. The fourth-order valence-corrected chi connectivity index (χ4v) is 3.60. The fraction of sp³-hybridized carbons (Fsp3) is 0.300. The molecular formula is C20H20N6O3. The second-order valence-corrected chi connectivity index (χ2v) is 6.98. The summed E-state index contributed by atoms with van der Waals surface area (Å²) in [5.41, 5.74) is 1.56. The summed E-state index contributed by atoms with van der Waals surface area (Å²) in [5, 5.41) is 12.1. The average molecular weight is 392 g/mol. The van der Waals surface area contributed by atoms with Crippen LogP contribution >= 0.6 is 0 Å². The summed E-state index contributed by atoms with van der Waals surface area (Å²) in [4.78, 5) is 17.0. The van der Waals surface area contributed by atoms with Gasteiger partial charge in [-0.2, -0.15) is 4.68 Å². The summed E-state index contributed by atoms with van der Waals surface area (Å²) >= 11 is 0. The Kier molecular flexibility index (Phi) is 4.57. The van der Waals surface area contributed by atoms with E-state index in [9.17, 15) is 4.79 Å². The summed E-state index contributed by atoms with van der Waals surface area (Å²) < 4.78 is 12.4. The van der Waals surface area contributed by atoms with Gasteiger partial charge in [-0.25, -0.2) is 0 Å². The summed E-state index contributed by atoms with van der Waals surface area (Å²) in [5.74, 6) is 2.11. The van der Waals surface area contributed by atoms with Crippen LogP contribution in [0.15, 0.2) is 48.5 Å². The molecule has 3 heterocycles. The van der Waals surface area contributed by atoms with Crippen molar-refractivity contribution in [3.8, 4) is 17.2 Å². The maximum absolute atomic E-state index is 12.8. The number of hydrogen-bond donors (Lipinski definition) is 0. The van der Waals surface area contributed by atoms with Gasteiger partial charge >= 0.3 is 0 Å². The lowest BCUT2D eigenvalue weighted by molar-refractivity contribution is 0.0624. The maximum Gasteiger partial charge on any atom is 0.254 e. The number of nitrogens with zero attached hydrogens (tertiary/aromatic N) is 6. The van der Waals surface area contributed by atoms with Crippen molar-refractivity contribution in [2.75, 3.05) is 33.0 Å². The first-order chi connectivity index (χ1) is 14.3. The predicted molar refractivity (Wildman–Crippen MR) is 103 cm³/mol. The molecule has 0 spiro atoms. The van der Waals surface area contributed by atoms with Gasteiger partial charge in [0.2, 0.25) is 6.79 Å². The van der Waals surface area contributed by atoms with Crippen LogP contribution in [-0.2, 0) is 6.54 Å². The second kappa shape index (κ2) is 7.51. The Morgan fingerprint density at radius 2 is 1.76 bits per heavy atom. The molecule has 0 bridgehead atoms. The highest BCUT2D eigenvalue weighted by Crippen LogP contribution is 2.32. The molecular weight excluding hydrogens is 372 g/mol. The molecule has 2 aromatic carbocycles. The molecule has 0 unspecified atom stereocenters. The number of rotatable bonds is 4. The summed E-state index contributed by atoms with van der Waals surface area (Å²) in [6, 6.07) is 15.2. The van der Waals surface area contributed by atoms with Gasteiger partial charge in [0.05, 0.1) is 12.2 Å². The molecule has 148 valence electrons. The highest BCUT2D eigenvalue weighted by Gasteiger charge is 2.25. The van der Waals surface area contributed by atoms with E-state index < -0.39 is 0 Å². The molecule has 1 aromatic heterocycles. The summed E-state index contributed by atoms with van der Waals surface area (Å²) in [7, 11) is 0. The van der Waals surface area contributed by atoms with Crippen LogP contribution in [0, 0.1) is 0 Å². The first kappa shape index (κ1) is 17.6. The number of amides is 1. The zero-order valence-corrected chi connectivity index (χ0v) is 15.8. The van der Waals surface area contributed by atoms with E-state index in [1.54, 1.807) is 22.9 Å². The molecule has 3 aromatic rings. The summed E-state index contributed by atoms with van der Waals surface area (Å²) in [6.07, 6.45) is 0. The van der Waals surface area contributed by atoms with E-state index in [0.29, 0.717) is 36.7 Å². The van der Waals surface area contributed by atoms with Crippen LogP contribution in [0.25, 0.3) is 5.69 Å². The highest BCUT2D eigenvalue weighted by atomic mass is 16.7. The fourth-order valence-electron chi connectivity index (χ4n) is 3.60. The molecule has 5 rings (SSSR count). The lowest BCUT2D eigenvalue weighted by Crippen LogP contribution is -2.48. The van der Waals surface area contributed by atoms with Crippen LogP contribution in [0.2, 0.25) is 0 Å². The zero-order valence-electron chi connectivity index (χ0n) is 15.8. The van der Waals surface area contributed by atoms with Crippen molar-refractivity contribution in [1.82, 2.24) is 30.0 Å². The molecule has 2 aliphatic rings. The van der Waals surface area contributed by atoms with Gasteiger partial charge in [0.1, 0.15) is 0 Å². The lowest BCUT2D eigenvalue weighted by atomic mass is 10.1. The molecule has 0 N–H and O–H groups in total. The number of carbonyl (C=O) groups excluding carboxylic acids is 1. The number of fused-ring (bicyclic) bond motifs is 1. The topological polar surface area (TPSA) is 85.6 Å². The quantitative estimate of drug-likeness (QED) is 0.662. The molecule has 1 saturated heterocycles. The molecule has 1 fully saturated rings. The predicted octanol–water partition coefficient (Wildman–Crippen LogP) is 1.35. The Bertz CT molecular complexity index is 1010. The van der Waals surface area contributed by atoms with Gasteiger partial charge in [0.15, 0.2) is 17.3 Å². The standard InChI is InChI=1S/C20H20N6O3/c27-20(15-6-7-17-18(12-15)29-14-28-17)25-10-8-24(9-11-25)13-19-21-22-23-26(19)16-4-2-1-3-5-16/h1-7,12H,8-11,13-14H2. The minimum absolute atomic E-state index is 0.0112. The number of hydrogen-bond acceptors (Lipinski definition) is 7. The molecule has 9 nitrogen and oxygen atoms in total. The van der Waals surface area contributed by atoms with E-state index in [2.05, 4.69) is 20.4 Å². The second-order valence-electron chi connectivity index (χ2n) is 6.98. The van der Waals surface area contributed by atoms with Gasteiger partial charge in [-0.3, -0.25) is 9.69 Å². The van der Waals surface area contributed by atoms with Crippen LogP contribution in [-0.4, -0.2) is 68.9 Å². The van der Waals surface area contributed by atoms with Crippen LogP contribution in [0.1, 0.15) is 16.2 Å². The SMILES string of the molecule is O=C(c1ccc2c(c1)OCO2)N1CCN(Cc2nnnn2-c2ccccc2)CC1. The molecule has 29 heavy (non-hydrogen) atoms. The largest absolute Gasteiger partial charge is 0.454 e. The van der Waals surface area contributed by atoms with Gasteiger partial charge in [-0.15, -0.1) is 5.10 Å². The highest BCUT2D eigenvalue weighted by molar-refractivity contribution is 5.95. The van der Waals surface area contributed by atoms with Crippen LogP contribution in [0.4, 0.5) is 0 Å². The van der Waals surface area contributed by atoms with Crippen molar-refractivity contribution in [3.63, 3.8) is 0 Å². The Balaban J connectivity index is 1.21. The molecule has 1 amide bonds. The maximum atomic E-state index is 12.8. The van der Waals surface area contributed by atoms with Crippen molar-refractivity contribution in [1.29, 1.82) is 0 Å². The number of piperazine rings is 1. The first-order valence-electron chi connectivity index (χ1n) is 9.52. The average Bonchev–Trinajstić information content (AvgIpc) is 3.43. The molecule has 0 saturated carbocycles. The van der Waals surface area contributed by atoms with E-state index in [0.717, 1.165) is 24.6 Å². The number of benzene rings is 2. The Labute approximate surface area is 167 Å². The lowest BCUT2D eigenvalue weighted by Gasteiger charge is -2.34. The van der Waals surface area contributed by atoms with E-state index in [1.807, 2.05) is 35.2 Å². The summed E-state index contributed by atoms with van der Waals surface area (Å²) in [6.45, 7) is 3.66. The van der Waals surface area contributed by atoms with Crippen molar-refractivity contribution < 1.29 is 14.3 Å². The number of ether oxygens (including phenoxy) is 2. The van der Waals surface area contributed by atoms with Crippen LogP contribution in [0.3, 0.4) is 0 Å². The monoisotopic (exact) mass is 392 g/mol. The number of carbonyl (C=O) groups is 1. The minimum Gasteiger partial charge on any atom is -0.454 e. The molecule has 0 radical (unpaired) electrons. The van der Waals surface area contributed by atoms with Gasteiger partial charge < -0.3 is 14.4 Å². The first-order valence-corrected chi connectivity index (χ1v) is 9.52. The third-order valence-corrected chi connectivity index (χ3v) is 5.18. The Hall–Kier alpha value is -3.46. The van der Waals surface area contributed by atoms with Gasteiger partial charge in [0.25, 0.3) is 5.91 Å². The normalized spacial score (nSPS) is 16.2. The van der Waals surface area contributed by atoms with Crippen molar-refractivity contribution in [2.45, 2.75) is 6.54 Å². The molecule has 2 aliphatic heterocycles. The van der Waals surface area contributed by atoms with Crippen LogP contribution < -0.4 is 9.47 Å². The van der Waals surface area contributed by atoms with E-state index >= 15 is 0 Å². The Morgan fingerprint density at radius 1 is 0.966 bits per heavy atom. The number of aromatic nitrogens is 4. The van der Waals surface area contributed by atoms with Crippen molar-refractivity contribution >= 4 is 5.91 Å². The minimum atomic E-state index is 0.0112. The Morgan fingerprint density at radius 3 is 2.59 bits per heavy atom. The van der Waals surface area contributed by atoms with Gasteiger partial charge in [0, 0.05) is 31.7 Å². The molecule has 0 aliphatic carbocycles. The van der Waals surface area contributed by atoms with Crippen molar-refractivity contribution in [2.24, 2.45) is 0 Å². The van der Waals surface area contributed by atoms with Crippen molar-refractivity contribution in [3.05, 3.63) is 59.9 Å². The van der Waals surface area contributed by atoms with Gasteiger partial charge in [-0.1, -0.05) is 18.2 Å². The van der Waals surface area contributed by atoms with Crippen LogP contribution in [0.5, 0.6) is 11.5 Å². The number of para-hydroxylation sites is 1. The van der Waals surface area contributed by atoms with E-state index in [4.69, 9.17) is 9.47 Å². The third-order valence-electron chi connectivity index (χ3n) is 5.18.